The highest BCUT2D eigenvalue weighted by Crippen LogP contribution is 2.37. The van der Waals surface area contributed by atoms with Crippen LogP contribution in [0.25, 0.3) is 22.6 Å². The van der Waals surface area contributed by atoms with Crippen molar-refractivity contribution >= 4 is 15.9 Å². The van der Waals surface area contributed by atoms with Gasteiger partial charge in [-0.25, -0.2) is 22.9 Å². The number of nitrogens with two attached hydrogens (primary N) is 1. The molecule has 5 rings (SSSR count). The summed E-state index contributed by atoms with van der Waals surface area (Å²) in [5.74, 6) is 0.0401. The van der Waals surface area contributed by atoms with Crippen LogP contribution in [0.15, 0.2) is 87.3 Å². The molecule has 3 N–H and O–H groups in total. The van der Waals surface area contributed by atoms with Gasteiger partial charge in [0.25, 0.3) is 0 Å². The van der Waals surface area contributed by atoms with Crippen molar-refractivity contribution in [1.82, 2.24) is 4.98 Å². The first-order valence-electron chi connectivity index (χ1n) is 13.2. The molecule has 0 aliphatic carbocycles. The van der Waals surface area contributed by atoms with Gasteiger partial charge < -0.3 is 23.8 Å². The Hall–Kier alpha value is -4.10. The quantitative estimate of drug-likeness (QED) is 0.119. The second-order valence-corrected chi connectivity index (χ2v) is 11.4. The first-order valence-corrected chi connectivity index (χ1v) is 14.7. The number of hydrogen-bond donors (Lipinski definition) is 2. The van der Waals surface area contributed by atoms with Gasteiger partial charge in [0.2, 0.25) is 21.8 Å². The minimum atomic E-state index is -3.87. The van der Waals surface area contributed by atoms with Crippen LogP contribution in [0, 0.1) is 5.82 Å². The van der Waals surface area contributed by atoms with E-state index in [0.29, 0.717) is 54.2 Å². The summed E-state index contributed by atoms with van der Waals surface area (Å²) in [5.41, 5.74) is 2.39. The number of halogens is 1. The van der Waals surface area contributed by atoms with Crippen LogP contribution in [0.2, 0.25) is 0 Å². The fraction of sp³-hybridized carbons (Fsp3) is 0.267. The molecule has 220 valence electrons. The molecule has 10 nitrogen and oxygen atoms in total. The summed E-state index contributed by atoms with van der Waals surface area (Å²) in [6, 6.07) is 19.8. The van der Waals surface area contributed by atoms with Crippen LogP contribution in [-0.2, 0) is 42.9 Å². The monoisotopic (exact) mass is 595 g/mol. The van der Waals surface area contributed by atoms with Crippen molar-refractivity contribution in [2.24, 2.45) is 10.3 Å². The Morgan fingerprint density at radius 3 is 2.43 bits per heavy atom. The van der Waals surface area contributed by atoms with Gasteiger partial charge in [-0.15, -0.1) is 0 Å². The Kier molecular flexibility index (Phi) is 8.69. The molecule has 0 amide bonds. The third kappa shape index (κ3) is 6.52. The zero-order valence-corrected chi connectivity index (χ0v) is 23.6. The second kappa shape index (κ2) is 12.4. The molecule has 1 aromatic heterocycles. The van der Waals surface area contributed by atoms with Crippen molar-refractivity contribution in [3.63, 3.8) is 0 Å². The van der Waals surface area contributed by atoms with Crippen molar-refractivity contribution in [3.8, 4) is 22.6 Å². The van der Waals surface area contributed by atoms with E-state index in [1.54, 1.807) is 19.2 Å². The van der Waals surface area contributed by atoms with E-state index in [1.807, 2.05) is 36.4 Å². The van der Waals surface area contributed by atoms with Gasteiger partial charge in [-0.2, -0.15) is 0 Å². The molecule has 0 unspecified atom stereocenters. The molecule has 3 aromatic carbocycles. The number of methoxy groups -OCH3 is 1. The number of aromatic nitrogens is 1. The van der Waals surface area contributed by atoms with Crippen LogP contribution in [0.1, 0.15) is 29.9 Å². The van der Waals surface area contributed by atoms with Crippen molar-refractivity contribution < 1.29 is 36.6 Å². The van der Waals surface area contributed by atoms with Crippen LogP contribution in [0.3, 0.4) is 0 Å². The van der Waals surface area contributed by atoms with E-state index in [-0.39, 0.29) is 29.7 Å². The lowest BCUT2D eigenvalue weighted by Gasteiger charge is -2.36. The average Bonchev–Trinajstić information content (AvgIpc) is 3.43. The largest absolute Gasteiger partial charge is 0.473 e. The number of primary sulfonamides is 1. The summed E-state index contributed by atoms with van der Waals surface area (Å²) >= 11 is 0. The topological polar surface area (TPSA) is 146 Å². The lowest BCUT2D eigenvalue weighted by Crippen LogP contribution is -2.35. The van der Waals surface area contributed by atoms with Gasteiger partial charge in [-0.05, 0) is 53.6 Å². The summed E-state index contributed by atoms with van der Waals surface area (Å²) in [5, 5.41) is 18.2. The Balaban J connectivity index is 1.38. The molecule has 0 radical (unpaired) electrons. The Morgan fingerprint density at radius 2 is 1.79 bits per heavy atom. The molecular formula is C30H30FN3O7S. The summed E-state index contributed by atoms with van der Waals surface area (Å²) in [4.78, 5) is 4.57. The van der Waals surface area contributed by atoms with Gasteiger partial charge in [0.05, 0.1) is 10.5 Å². The van der Waals surface area contributed by atoms with Crippen LogP contribution in [0.4, 0.5) is 4.39 Å². The molecule has 1 fully saturated rings. The lowest BCUT2D eigenvalue weighted by molar-refractivity contribution is -0.0949. The Bertz CT molecular complexity index is 1670. The maximum atomic E-state index is 14.6. The van der Waals surface area contributed by atoms with E-state index >= 15 is 0 Å². The Labute approximate surface area is 242 Å². The lowest BCUT2D eigenvalue weighted by atomic mass is 9.85. The van der Waals surface area contributed by atoms with Gasteiger partial charge in [-0.3, -0.25) is 0 Å². The number of rotatable bonds is 9. The van der Waals surface area contributed by atoms with Gasteiger partial charge in [0.15, 0.2) is 5.76 Å². The van der Waals surface area contributed by atoms with E-state index in [9.17, 15) is 18.0 Å². The first kappa shape index (κ1) is 29.4. The van der Waals surface area contributed by atoms with Crippen molar-refractivity contribution in [2.45, 2.75) is 36.4 Å². The van der Waals surface area contributed by atoms with Gasteiger partial charge in [-0.1, -0.05) is 35.5 Å². The fourth-order valence-electron chi connectivity index (χ4n) is 4.94. The van der Waals surface area contributed by atoms with E-state index in [1.165, 1.54) is 24.3 Å². The molecule has 2 heterocycles. The van der Waals surface area contributed by atoms with Gasteiger partial charge in [0.1, 0.15) is 24.5 Å². The summed E-state index contributed by atoms with van der Waals surface area (Å²) in [7, 11) is -2.26. The zero-order chi connectivity index (χ0) is 29.7. The zero-order valence-electron chi connectivity index (χ0n) is 22.8. The van der Waals surface area contributed by atoms with Gasteiger partial charge >= 0.3 is 0 Å². The maximum Gasteiger partial charge on any atom is 0.238 e. The number of oxazole rings is 1. The van der Waals surface area contributed by atoms with E-state index in [0.717, 1.165) is 5.56 Å². The highest BCUT2D eigenvalue weighted by atomic mass is 32.2. The van der Waals surface area contributed by atoms with E-state index in [4.69, 9.17) is 23.8 Å². The van der Waals surface area contributed by atoms with Crippen molar-refractivity contribution in [2.75, 3.05) is 20.3 Å². The number of hydrogen-bond acceptors (Lipinski definition) is 9. The van der Waals surface area contributed by atoms with Crippen molar-refractivity contribution in [1.29, 1.82) is 0 Å². The second-order valence-electron chi connectivity index (χ2n) is 9.84. The molecule has 0 bridgehead atoms. The van der Waals surface area contributed by atoms with E-state index < -0.39 is 21.4 Å². The summed E-state index contributed by atoms with van der Waals surface area (Å²) in [6.45, 7) is 0.947. The number of nitrogens with zero attached hydrogens (tertiary/aromatic N) is 2. The Morgan fingerprint density at radius 1 is 1.07 bits per heavy atom. The minimum absolute atomic E-state index is 0.0379. The van der Waals surface area contributed by atoms with Crippen LogP contribution in [0.5, 0.6) is 0 Å². The fourth-order valence-corrected chi connectivity index (χ4v) is 5.46. The molecule has 0 atom stereocenters. The number of sulfonamides is 1. The molecular weight excluding hydrogens is 565 g/mol. The third-order valence-electron chi connectivity index (χ3n) is 7.16. The van der Waals surface area contributed by atoms with E-state index in [2.05, 4.69) is 10.1 Å². The highest BCUT2D eigenvalue weighted by molar-refractivity contribution is 7.89. The molecule has 1 aliphatic rings. The molecule has 1 aliphatic heterocycles. The molecule has 42 heavy (non-hydrogen) atoms. The molecule has 0 saturated carbocycles. The maximum absolute atomic E-state index is 14.6. The van der Waals surface area contributed by atoms with Gasteiger partial charge in [0, 0.05) is 44.3 Å². The third-order valence-corrected chi connectivity index (χ3v) is 8.09. The summed E-state index contributed by atoms with van der Waals surface area (Å²) < 4.78 is 61.1. The van der Waals surface area contributed by atoms with Crippen LogP contribution in [-0.4, -0.2) is 44.8 Å². The summed E-state index contributed by atoms with van der Waals surface area (Å²) in [6.07, 6.45) is 1.09. The molecule has 4 aromatic rings. The normalized spacial score (nSPS) is 15.5. The van der Waals surface area contributed by atoms with Crippen LogP contribution >= 0.6 is 0 Å². The standard InChI is InChI=1S/C30H30FN3O7S/c1-38-30(11-13-39-14-12-30)23-15-20(16-24(31)17-23)19-40-27(34-35)18-26-33-28(21-5-3-2-4-6-21)29(41-26)22-7-9-25(10-8-22)42(32,36)37/h2-10,15-17,35H,11-14,18-19H2,1H3,(H2,32,36,37). The molecule has 12 heteroatoms. The number of benzene rings is 3. The SMILES string of the molecule is COC1(c2cc(F)cc(COC(Cc3nc(-c4ccccc4)c(-c4ccc(S(N)(=O)=O)cc4)o3)=NO)c2)CCOCC1. The average molecular weight is 596 g/mol. The first-order chi connectivity index (χ1) is 20.2. The predicted molar refractivity (Wildman–Crippen MR) is 152 cm³/mol. The molecule has 1 saturated heterocycles. The number of ether oxygens (including phenoxy) is 3. The minimum Gasteiger partial charge on any atom is -0.473 e. The number of oxime groups is 1. The predicted octanol–water partition coefficient (Wildman–Crippen LogP) is 4.99. The van der Waals surface area contributed by atoms with Crippen LogP contribution < -0.4 is 5.14 Å². The highest BCUT2D eigenvalue weighted by Gasteiger charge is 2.35. The molecule has 0 spiro atoms. The smallest absolute Gasteiger partial charge is 0.238 e. The van der Waals surface area contributed by atoms with Crippen molar-refractivity contribution in [3.05, 3.63) is 95.6 Å².